The molecular formula is C13H13N3O6. The molecular weight excluding hydrogens is 294 g/mol. The van der Waals surface area contributed by atoms with E-state index >= 15 is 0 Å². The summed E-state index contributed by atoms with van der Waals surface area (Å²) in [4.78, 5) is 21.8. The summed E-state index contributed by atoms with van der Waals surface area (Å²) in [6, 6.07) is 3.79. The molecule has 116 valence electrons. The van der Waals surface area contributed by atoms with Crippen molar-refractivity contribution in [2.75, 3.05) is 7.11 Å². The zero-order chi connectivity index (χ0) is 16.1. The maximum atomic E-state index is 11.4. The fourth-order valence-corrected chi connectivity index (χ4v) is 1.66. The van der Waals surface area contributed by atoms with E-state index in [-0.39, 0.29) is 29.5 Å². The van der Waals surface area contributed by atoms with Crippen LogP contribution in [0.2, 0.25) is 0 Å². The fourth-order valence-electron chi connectivity index (χ4n) is 1.66. The molecule has 1 aromatic heterocycles. The van der Waals surface area contributed by atoms with Crippen LogP contribution in [0, 0.1) is 10.1 Å². The molecule has 0 bridgehead atoms. The highest BCUT2D eigenvalue weighted by atomic mass is 16.6. The topological polar surface area (TPSA) is 118 Å². The molecule has 0 fully saturated rings. The molecule has 9 heteroatoms. The highest BCUT2D eigenvalue weighted by Crippen LogP contribution is 2.29. The van der Waals surface area contributed by atoms with Crippen LogP contribution in [0.15, 0.2) is 22.6 Å². The normalized spacial score (nSPS) is 10.3. The van der Waals surface area contributed by atoms with Gasteiger partial charge in [0.15, 0.2) is 12.4 Å². The van der Waals surface area contributed by atoms with Gasteiger partial charge in [-0.1, -0.05) is 6.92 Å². The Morgan fingerprint density at radius 3 is 2.68 bits per heavy atom. The predicted molar refractivity (Wildman–Crippen MR) is 72.4 cm³/mol. The lowest BCUT2D eigenvalue weighted by atomic mass is 10.2. The van der Waals surface area contributed by atoms with Gasteiger partial charge in [0.1, 0.15) is 0 Å². The summed E-state index contributed by atoms with van der Waals surface area (Å²) in [5.74, 6) is -0.00892. The Balaban J connectivity index is 2.19. The third-order valence-electron chi connectivity index (χ3n) is 2.74. The lowest BCUT2D eigenvalue weighted by Gasteiger charge is -2.06. The van der Waals surface area contributed by atoms with E-state index in [0.29, 0.717) is 12.3 Å². The minimum Gasteiger partial charge on any atom is -0.477 e. The summed E-state index contributed by atoms with van der Waals surface area (Å²) in [6.07, 6.45) is 0.584. The average Bonchev–Trinajstić information content (AvgIpc) is 3.00. The predicted octanol–water partition coefficient (Wildman–Crippen LogP) is 1.91. The number of aromatic nitrogens is 2. The molecule has 0 unspecified atom stereocenters. The molecule has 2 rings (SSSR count). The number of hydrogen-bond acceptors (Lipinski definition) is 8. The molecule has 0 spiro atoms. The average molecular weight is 307 g/mol. The molecule has 0 aliphatic carbocycles. The van der Waals surface area contributed by atoms with Crippen molar-refractivity contribution >= 4 is 11.7 Å². The van der Waals surface area contributed by atoms with Crippen molar-refractivity contribution in [2.24, 2.45) is 0 Å². The molecule has 0 radical (unpaired) electrons. The van der Waals surface area contributed by atoms with Crippen molar-refractivity contribution in [1.29, 1.82) is 0 Å². The number of carbonyl (C=O) groups excluding carboxylic acids is 1. The number of nitro groups is 1. The standard InChI is InChI=1S/C13H13N3O6/c1-3-11-14-15-12(22-11)7-21-10-5-4-8(13(17)20-2)6-9(10)16(18)19/h4-6H,3,7H2,1-2H3. The lowest BCUT2D eigenvalue weighted by Crippen LogP contribution is -2.04. The van der Waals surface area contributed by atoms with Crippen LogP contribution < -0.4 is 4.74 Å². The number of hydrogen-bond donors (Lipinski definition) is 0. The van der Waals surface area contributed by atoms with E-state index in [1.807, 2.05) is 6.92 Å². The van der Waals surface area contributed by atoms with Crippen LogP contribution >= 0.6 is 0 Å². The van der Waals surface area contributed by atoms with Crippen molar-refractivity contribution in [2.45, 2.75) is 20.0 Å². The van der Waals surface area contributed by atoms with Crippen LogP contribution in [0.3, 0.4) is 0 Å². The second-order valence-electron chi connectivity index (χ2n) is 4.16. The number of ether oxygens (including phenoxy) is 2. The van der Waals surface area contributed by atoms with Gasteiger partial charge in [-0.25, -0.2) is 4.79 Å². The summed E-state index contributed by atoms with van der Waals surface area (Å²) in [6.45, 7) is 1.75. The Morgan fingerprint density at radius 1 is 1.36 bits per heavy atom. The number of esters is 1. The van der Waals surface area contributed by atoms with Gasteiger partial charge in [0.25, 0.3) is 5.89 Å². The van der Waals surface area contributed by atoms with Crippen molar-refractivity contribution < 1.29 is 23.6 Å². The number of benzene rings is 1. The first-order chi connectivity index (χ1) is 10.5. The molecule has 9 nitrogen and oxygen atoms in total. The molecule has 22 heavy (non-hydrogen) atoms. The van der Waals surface area contributed by atoms with Crippen molar-refractivity contribution in [1.82, 2.24) is 10.2 Å². The maximum Gasteiger partial charge on any atom is 0.338 e. The molecule has 0 aliphatic rings. The number of rotatable bonds is 6. The van der Waals surface area contributed by atoms with Gasteiger partial charge in [-0.2, -0.15) is 0 Å². The molecule has 2 aromatic rings. The van der Waals surface area contributed by atoms with Crippen molar-refractivity contribution in [3.63, 3.8) is 0 Å². The van der Waals surface area contributed by atoms with Gasteiger partial charge in [-0.3, -0.25) is 10.1 Å². The van der Waals surface area contributed by atoms with Crippen LogP contribution in [0.5, 0.6) is 5.75 Å². The smallest absolute Gasteiger partial charge is 0.338 e. The highest BCUT2D eigenvalue weighted by molar-refractivity contribution is 5.90. The first kappa shape index (κ1) is 15.4. The summed E-state index contributed by atoms with van der Waals surface area (Å²) >= 11 is 0. The van der Waals surface area contributed by atoms with Crippen LogP contribution in [-0.2, 0) is 17.8 Å². The van der Waals surface area contributed by atoms with E-state index in [1.54, 1.807) is 0 Å². The van der Waals surface area contributed by atoms with E-state index in [9.17, 15) is 14.9 Å². The van der Waals surface area contributed by atoms with Crippen LogP contribution in [-0.4, -0.2) is 28.2 Å². The van der Waals surface area contributed by atoms with E-state index in [0.717, 1.165) is 6.07 Å². The van der Waals surface area contributed by atoms with Crippen LogP contribution in [0.4, 0.5) is 5.69 Å². The number of nitro benzene ring substituents is 1. The lowest BCUT2D eigenvalue weighted by molar-refractivity contribution is -0.386. The molecule has 0 N–H and O–H groups in total. The Morgan fingerprint density at radius 2 is 2.09 bits per heavy atom. The maximum absolute atomic E-state index is 11.4. The highest BCUT2D eigenvalue weighted by Gasteiger charge is 2.20. The zero-order valence-electron chi connectivity index (χ0n) is 11.9. The van der Waals surface area contributed by atoms with E-state index in [4.69, 9.17) is 9.15 Å². The Kier molecular flexibility index (Phi) is 4.66. The summed E-state index contributed by atoms with van der Waals surface area (Å²) in [5, 5.41) is 18.6. The van der Waals surface area contributed by atoms with Crippen molar-refractivity contribution in [3.05, 3.63) is 45.7 Å². The molecule has 0 saturated heterocycles. The quantitative estimate of drug-likeness (QED) is 0.451. The number of nitrogens with zero attached hydrogens (tertiary/aromatic N) is 3. The van der Waals surface area contributed by atoms with Gasteiger partial charge >= 0.3 is 11.7 Å². The molecule has 1 heterocycles. The molecule has 0 atom stereocenters. The second-order valence-corrected chi connectivity index (χ2v) is 4.16. The Hall–Kier alpha value is -2.97. The van der Waals surface area contributed by atoms with Gasteiger partial charge in [0.2, 0.25) is 5.89 Å². The van der Waals surface area contributed by atoms with Gasteiger partial charge < -0.3 is 13.9 Å². The zero-order valence-corrected chi connectivity index (χ0v) is 11.9. The number of methoxy groups -OCH3 is 1. The summed E-state index contributed by atoms with van der Waals surface area (Å²) < 4.78 is 15.1. The molecule has 0 aliphatic heterocycles. The first-order valence-corrected chi connectivity index (χ1v) is 6.36. The van der Waals surface area contributed by atoms with Gasteiger partial charge in [-0.05, 0) is 12.1 Å². The van der Waals surface area contributed by atoms with Crippen LogP contribution in [0.1, 0.15) is 29.1 Å². The number of aryl methyl sites for hydroxylation is 1. The van der Waals surface area contributed by atoms with Crippen LogP contribution in [0.25, 0.3) is 0 Å². The van der Waals surface area contributed by atoms with Gasteiger partial charge in [-0.15, -0.1) is 10.2 Å². The van der Waals surface area contributed by atoms with Gasteiger partial charge in [0.05, 0.1) is 17.6 Å². The largest absolute Gasteiger partial charge is 0.477 e. The molecule has 0 amide bonds. The van der Waals surface area contributed by atoms with E-state index in [1.165, 1.54) is 19.2 Å². The SMILES string of the molecule is CCc1nnc(COc2ccc(C(=O)OC)cc2[N+](=O)[O-])o1. The third-order valence-corrected chi connectivity index (χ3v) is 2.74. The Bertz CT molecular complexity index is 697. The minimum atomic E-state index is -0.667. The van der Waals surface area contributed by atoms with E-state index < -0.39 is 10.9 Å². The van der Waals surface area contributed by atoms with Gasteiger partial charge in [0, 0.05) is 12.5 Å². The Labute approximate surface area is 125 Å². The minimum absolute atomic E-state index is 0.00565. The molecule has 1 aromatic carbocycles. The monoisotopic (exact) mass is 307 g/mol. The summed E-state index contributed by atoms with van der Waals surface area (Å²) in [7, 11) is 1.19. The number of carbonyl (C=O) groups is 1. The first-order valence-electron chi connectivity index (χ1n) is 6.36. The molecule has 0 saturated carbocycles. The fraction of sp³-hybridized carbons (Fsp3) is 0.308. The summed E-state index contributed by atoms with van der Waals surface area (Å²) in [5.41, 5.74) is -0.286. The van der Waals surface area contributed by atoms with Crippen molar-refractivity contribution in [3.8, 4) is 5.75 Å². The third kappa shape index (κ3) is 3.37. The second kappa shape index (κ2) is 6.66. The van der Waals surface area contributed by atoms with E-state index in [2.05, 4.69) is 14.9 Å².